The van der Waals surface area contributed by atoms with Gasteiger partial charge in [0.25, 0.3) is 5.91 Å². The maximum Gasteiger partial charge on any atom is 0.255 e. The van der Waals surface area contributed by atoms with Crippen LogP contribution in [0.4, 0.5) is 4.39 Å². The monoisotopic (exact) mass is 249 g/mol. The van der Waals surface area contributed by atoms with Crippen molar-refractivity contribution >= 4 is 21.8 Å². The smallest absolute Gasteiger partial charge is 0.255 e. The zero-order chi connectivity index (χ0) is 9.84. The van der Waals surface area contributed by atoms with E-state index in [9.17, 15) is 9.18 Å². The summed E-state index contributed by atoms with van der Waals surface area (Å²) in [5, 5.41) is 6.27. The van der Waals surface area contributed by atoms with Crippen molar-refractivity contribution in [3.63, 3.8) is 0 Å². The van der Waals surface area contributed by atoms with Gasteiger partial charge in [-0.3, -0.25) is 9.48 Å². The summed E-state index contributed by atoms with van der Waals surface area (Å²) < 4.78 is 13.8. The molecular weight excluding hydrogens is 241 g/mol. The predicted octanol–water partition coefficient (Wildman–Crippen LogP) is 0.882. The number of aryl methyl sites for hydroxylation is 1. The standard InChI is InChI=1S/C7H9BrFN3O/c1-12-6(8)5(4-11-12)7(13)10-3-2-9/h4H,2-3H2,1H3,(H,10,13). The summed E-state index contributed by atoms with van der Waals surface area (Å²) in [4.78, 5) is 11.3. The van der Waals surface area contributed by atoms with Crippen molar-refractivity contribution < 1.29 is 9.18 Å². The molecule has 1 heterocycles. The number of nitrogens with one attached hydrogen (secondary N) is 1. The Morgan fingerprint density at radius 2 is 2.54 bits per heavy atom. The van der Waals surface area contributed by atoms with E-state index in [0.29, 0.717) is 10.2 Å². The van der Waals surface area contributed by atoms with Gasteiger partial charge in [-0.1, -0.05) is 0 Å². The number of amides is 1. The largest absolute Gasteiger partial charge is 0.349 e. The van der Waals surface area contributed by atoms with Gasteiger partial charge in [-0.15, -0.1) is 0 Å². The van der Waals surface area contributed by atoms with E-state index >= 15 is 0 Å². The minimum Gasteiger partial charge on any atom is -0.349 e. The number of nitrogens with zero attached hydrogens (tertiary/aromatic N) is 2. The fraction of sp³-hybridized carbons (Fsp3) is 0.429. The van der Waals surface area contributed by atoms with Gasteiger partial charge in [0.1, 0.15) is 11.3 Å². The topological polar surface area (TPSA) is 46.9 Å². The molecule has 0 aliphatic heterocycles. The molecule has 0 saturated carbocycles. The summed E-state index contributed by atoms with van der Waals surface area (Å²) in [5.41, 5.74) is 0.413. The van der Waals surface area contributed by atoms with Crippen LogP contribution in [-0.4, -0.2) is 28.9 Å². The first-order valence-electron chi connectivity index (χ1n) is 3.68. The molecule has 0 unspecified atom stereocenters. The zero-order valence-electron chi connectivity index (χ0n) is 7.05. The van der Waals surface area contributed by atoms with Crippen molar-refractivity contribution in [1.29, 1.82) is 0 Å². The summed E-state index contributed by atoms with van der Waals surface area (Å²) in [6, 6.07) is 0. The lowest BCUT2D eigenvalue weighted by Gasteiger charge is -2.00. The first kappa shape index (κ1) is 10.2. The molecule has 1 amide bonds. The van der Waals surface area contributed by atoms with Crippen LogP contribution in [0.15, 0.2) is 10.8 Å². The van der Waals surface area contributed by atoms with Gasteiger partial charge in [0.2, 0.25) is 0 Å². The second-order valence-electron chi connectivity index (χ2n) is 2.42. The van der Waals surface area contributed by atoms with Gasteiger partial charge in [-0.05, 0) is 15.9 Å². The maximum atomic E-state index is 11.7. The Labute approximate surface area is 83.2 Å². The zero-order valence-corrected chi connectivity index (χ0v) is 8.64. The number of carbonyl (C=O) groups excluding carboxylic acids is 1. The number of halogens is 2. The first-order valence-corrected chi connectivity index (χ1v) is 4.47. The van der Waals surface area contributed by atoms with E-state index in [4.69, 9.17) is 0 Å². The molecule has 72 valence electrons. The summed E-state index contributed by atoms with van der Waals surface area (Å²) >= 11 is 3.19. The maximum absolute atomic E-state index is 11.7. The van der Waals surface area contributed by atoms with Crippen LogP contribution in [0.25, 0.3) is 0 Å². The Hall–Kier alpha value is -0.910. The molecule has 0 aromatic carbocycles. The van der Waals surface area contributed by atoms with Crippen molar-refractivity contribution in [3.8, 4) is 0 Å². The highest BCUT2D eigenvalue weighted by atomic mass is 79.9. The molecule has 1 aromatic heterocycles. The average molecular weight is 250 g/mol. The molecule has 0 spiro atoms. The lowest BCUT2D eigenvalue weighted by molar-refractivity contribution is 0.0950. The summed E-state index contributed by atoms with van der Waals surface area (Å²) in [7, 11) is 1.70. The molecule has 13 heavy (non-hydrogen) atoms. The summed E-state index contributed by atoms with van der Waals surface area (Å²) in [6.07, 6.45) is 1.43. The van der Waals surface area contributed by atoms with Gasteiger partial charge in [-0.25, -0.2) is 4.39 Å². The van der Waals surface area contributed by atoms with Gasteiger partial charge in [-0.2, -0.15) is 5.10 Å². The van der Waals surface area contributed by atoms with E-state index in [1.54, 1.807) is 7.05 Å². The van der Waals surface area contributed by atoms with Gasteiger partial charge < -0.3 is 5.32 Å². The average Bonchev–Trinajstić information content (AvgIpc) is 2.44. The molecular formula is C7H9BrFN3O. The SMILES string of the molecule is Cn1ncc(C(=O)NCCF)c1Br. The van der Waals surface area contributed by atoms with Crippen LogP contribution < -0.4 is 5.32 Å². The summed E-state index contributed by atoms with van der Waals surface area (Å²) in [6.45, 7) is -0.538. The molecule has 0 radical (unpaired) electrons. The van der Waals surface area contributed by atoms with Crippen molar-refractivity contribution in [1.82, 2.24) is 15.1 Å². The Morgan fingerprint density at radius 1 is 1.85 bits per heavy atom. The minimum absolute atomic E-state index is 0.0279. The Kier molecular flexibility index (Phi) is 3.41. The second kappa shape index (κ2) is 4.36. The van der Waals surface area contributed by atoms with Crippen LogP contribution in [-0.2, 0) is 7.05 Å². The third-order valence-electron chi connectivity index (χ3n) is 1.49. The number of carbonyl (C=O) groups is 1. The first-order chi connectivity index (χ1) is 6.16. The van der Waals surface area contributed by atoms with Crippen LogP contribution in [0.2, 0.25) is 0 Å². The second-order valence-corrected chi connectivity index (χ2v) is 3.17. The lowest BCUT2D eigenvalue weighted by Crippen LogP contribution is -2.25. The third kappa shape index (κ3) is 2.27. The van der Waals surface area contributed by atoms with E-state index in [2.05, 4.69) is 26.3 Å². The Balaban J connectivity index is 2.71. The number of alkyl halides is 1. The van der Waals surface area contributed by atoms with E-state index in [-0.39, 0.29) is 12.5 Å². The minimum atomic E-state index is -0.566. The van der Waals surface area contributed by atoms with Gasteiger partial charge in [0, 0.05) is 13.6 Å². The van der Waals surface area contributed by atoms with Crippen molar-refractivity contribution in [2.24, 2.45) is 7.05 Å². The van der Waals surface area contributed by atoms with Crippen LogP contribution in [0.3, 0.4) is 0 Å². The Morgan fingerprint density at radius 3 is 3.00 bits per heavy atom. The molecule has 4 nitrogen and oxygen atoms in total. The van der Waals surface area contributed by atoms with Gasteiger partial charge >= 0.3 is 0 Å². The fourth-order valence-electron chi connectivity index (χ4n) is 0.831. The molecule has 6 heteroatoms. The molecule has 1 rings (SSSR count). The molecule has 1 N–H and O–H groups in total. The number of rotatable bonds is 3. The Bertz CT molecular complexity index is 313. The lowest BCUT2D eigenvalue weighted by atomic mass is 10.3. The third-order valence-corrected chi connectivity index (χ3v) is 2.43. The van der Waals surface area contributed by atoms with Crippen LogP contribution in [0.5, 0.6) is 0 Å². The molecule has 1 aromatic rings. The van der Waals surface area contributed by atoms with E-state index in [1.165, 1.54) is 10.9 Å². The molecule has 0 atom stereocenters. The highest BCUT2D eigenvalue weighted by molar-refractivity contribution is 9.10. The highest BCUT2D eigenvalue weighted by Gasteiger charge is 2.12. The quantitative estimate of drug-likeness (QED) is 0.865. The van der Waals surface area contributed by atoms with Crippen molar-refractivity contribution in [2.75, 3.05) is 13.2 Å². The number of aromatic nitrogens is 2. The van der Waals surface area contributed by atoms with Crippen molar-refractivity contribution in [3.05, 3.63) is 16.4 Å². The highest BCUT2D eigenvalue weighted by Crippen LogP contribution is 2.14. The van der Waals surface area contributed by atoms with E-state index in [1.807, 2.05) is 0 Å². The molecule has 0 bridgehead atoms. The van der Waals surface area contributed by atoms with Crippen molar-refractivity contribution in [2.45, 2.75) is 0 Å². The fourth-order valence-corrected chi connectivity index (χ4v) is 1.20. The van der Waals surface area contributed by atoms with Crippen LogP contribution in [0, 0.1) is 0 Å². The van der Waals surface area contributed by atoms with Crippen LogP contribution >= 0.6 is 15.9 Å². The normalized spacial score (nSPS) is 10.1. The molecule has 0 fully saturated rings. The predicted molar refractivity (Wildman–Crippen MR) is 49.2 cm³/mol. The number of hydrogen-bond donors (Lipinski definition) is 1. The van der Waals surface area contributed by atoms with Gasteiger partial charge in [0.15, 0.2) is 0 Å². The molecule has 0 aliphatic rings. The molecule has 0 saturated heterocycles. The molecule has 0 aliphatic carbocycles. The van der Waals surface area contributed by atoms with Crippen LogP contribution in [0.1, 0.15) is 10.4 Å². The van der Waals surface area contributed by atoms with Gasteiger partial charge in [0.05, 0.1) is 11.8 Å². The number of hydrogen-bond acceptors (Lipinski definition) is 2. The van der Waals surface area contributed by atoms with E-state index < -0.39 is 6.67 Å². The summed E-state index contributed by atoms with van der Waals surface area (Å²) in [5.74, 6) is -0.322. The van der Waals surface area contributed by atoms with E-state index in [0.717, 1.165) is 0 Å².